The van der Waals surface area contributed by atoms with Gasteiger partial charge >= 0.3 is 5.97 Å². The molecular formula is C12H22O4. The topological polar surface area (TPSA) is 52.6 Å². The Hall–Kier alpha value is -0.900. The van der Waals surface area contributed by atoms with Crippen molar-refractivity contribution in [3.05, 3.63) is 0 Å². The molecule has 0 spiro atoms. The molecule has 0 rings (SSSR count). The molecule has 0 saturated carbocycles. The van der Waals surface area contributed by atoms with Gasteiger partial charge in [0.15, 0.2) is 5.78 Å². The van der Waals surface area contributed by atoms with Gasteiger partial charge in [0.1, 0.15) is 12.0 Å². The summed E-state index contributed by atoms with van der Waals surface area (Å²) in [6, 6.07) is 0. The molecule has 0 aromatic rings. The number of methoxy groups -OCH3 is 1. The van der Waals surface area contributed by atoms with Crippen molar-refractivity contribution in [2.24, 2.45) is 11.8 Å². The smallest absolute Gasteiger partial charge is 0.316 e. The van der Waals surface area contributed by atoms with E-state index in [0.717, 1.165) is 0 Å². The summed E-state index contributed by atoms with van der Waals surface area (Å²) < 4.78 is 9.97. The van der Waals surface area contributed by atoms with Crippen LogP contribution in [0.25, 0.3) is 0 Å². The van der Waals surface area contributed by atoms with Gasteiger partial charge < -0.3 is 9.47 Å². The minimum Gasteiger partial charge on any atom is -0.468 e. The largest absolute Gasteiger partial charge is 0.468 e. The minimum absolute atomic E-state index is 0.0746. The molecule has 0 heterocycles. The molecule has 0 saturated heterocycles. The fraction of sp³-hybridized carbons (Fsp3) is 0.833. The van der Waals surface area contributed by atoms with E-state index < -0.39 is 18.0 Å². The highest BCUT2D eigenvalue weighted by Gasteiger charge is 2.35. The third kappa shape index (κ3) is 3.93. The molecular weight excluding hydrogens is 208 g/mol. The molecule has 0 radical (unpaired) electrons. The summed E-state index contributed by atoms with van der Waals surface area (Å²) >= 11 is 0. The van der Waals surface area contributed by atoms with Crippen LogP contribution in [-0.4, -0.2) is 31.6 Å². The molecule has 16 heavy (non-hydrogen) atoms. The normalized spacial score (nSPS) is 14.6. The van der Waals surface area contributed by atoms with Crippen LogP contribution in [-0.2, 0) is 19.1 Å². The van der Waals surface area contributed by atoms with Gasteiger partial charge in [-0.25, -0.2) is 0 Å². The summed E-state index contributed by atoms with van der Waals surface area (Å²) in [4.78, 5) is 23.6. The van der Waals surface area contributed by atoms with Crippen molar-refractivity contribution in [3.63, 3.8) is 0 Å². The first-order valence-corrected chi connectivity index (χ1v) is 5.72. The predicted octanol–water partition coefficient (Wildman–Crippen LogP) is 1.82. The van der Waals surface area contributed by atoms with E-state index in [9.17, 15) is 9.59 Å². The molecule has 0 aromatic carbocycles. The van der Waals surface area contributed by atoms with E-state index in [-0.39, 0.29) is 11.7 Å². The number of rotatable bonds is 7. The summed E-state index contributed by atoms with van der Waals surface area (Å²) in [5.41, 5.74) is 0. The number of hydrogen-bond acceptors (Lipinski definition) is 4. The molecule has 0 N–H and O–H groups in total. The van der Waals surface area contributed by atoms with E-state index in [4.69, 9.17) is 4.74 Å². The Bertz CT molecular complexity index is 235. The Kier molecular flexibility index (Phi) is 6.97. The molecule has 0 aromatic heterocycles. The van der Waals surface area contributed by atoms with Crippen molar-refractivity contribution < 1.29 is 19.1 Å². The number of esters is 1. The third-order valence-corrected chi connectivity index (χ3v) is 2.48. The second-order valence-electron chi connectivity index (χ2n) is 4.00. The summed E-state index contributed by atoms with van der Waals surface area (Å²) in [6.07, 6.45) is 0.0730. The van der Waals surface area contributed by atoms with E-state index in [1.165, 1.54) is 7.11 Å². The Morgan fingerprint density at radius 3 is 2.06 bits per heavy atom. The van der Waals surface area contributed by atoms with Gasteiger partial charge in [0, 0.05) is 6.61 Å². The Morgan fingerprint density at radius 1 is 1.19 bits per heavy atom. The van der Waals surface area contributed by atoms with Crippen LogP contribution in [0.4, 0.5) is 0 Å². The lowest BCUT2D eigenvalue weighted by atomic mass is 9.88. The molecule has 94 valence electrons. The monoisotopic (exact) mass is 230 g/mol. The molecule has 4 heteroatoms. The molecule has 4 nitrogen and oxygen atoms in total. The molecule has 2 unspecified atom stereocenters. The molecule has 0 amide bonds. The summed E-state index contributed by atoms with van der Waals surface area (Å²) in [7, 11) is 1.30. The first kappa shape index (κ1) is 15.1. The van der Waals surface area contributed by atoms with Crippen molar-refractivity contribution in [2.45, 2.75) is 40.2 Å². The minimum atomic E-state index is -0.721. The van der Waals surface area contributed by atoms with Crippen LogP contribution in [0.3, 0.4) is 0 Å². The van der Waals surface area contributed by atoms with E-state index in [0.29, 0.717) is 13.0 Å². The number of Topliss-reactive ketones (excluding diaryl/α,β-unsaturated/α-hetero) is 1. The molecule has 0 aliphatic rings. The molecule has 0 fully saturated rings. The number of hydrogen-bond donors (Lipinski definition) is 0. The van der Waals surface area contributed by atoms with Gasteiger partial charge in [-0.15, -0.1) is 0 Å². The van der Waals surface area contributed by atoms with Gasteiger partial charge in [-0.1, -0.05) is 20.8 Å². The maximum atomic E-state index is 12.1. The van der Waals surface area contributed by atoms with Gasteiger partial charge in [0.25, 0.3) is 0 Å². The van der Waals surface area contributed by atoms with Gasteiger partial charge in [0.2, 0.25) is 0 Å². The van der Waals surface area contributed by atoms with Gasteiger partial charge in [0.05, 0.1) is 7.11 Å². The molecule has 2 atom stereocenters. The third-order valence-electron chi connectivity index (χ3n) is 2.48. The maximum absolute atomic E-state index is 12.1. The highest BCUT2D eigenvalue weighted by atomic mass is 16.5. The zero-order valence-electron chi connectivity index (χ0n) is 10.8. The summed E-state index contributed by atoms with van der Waals surface area (Å²) in [5, 5.41) is 0. The zero-order chi connectivity index (χ0) is 12.7. The van der Waals surface area contributed by atoms with Crippen molar-refractivity contribution in [1.82, 2.24) is 0 Å². The van der Waals surface area contributed by atoms with Crippen LogP contribution in [0.1, 0.15) is 34.1 Å². The lowest BCUT2D eigenvalue weighted by molar-refractivity contribution is -0.155. The van der Waals surface area contributed by atoms with Gasteiger partial charge in [-0.3, -0.25) is 9.59 Å². The molecule has 0 aliphatic heterocycles. The Labute approximate surface area is 97.3 Å². The second-order valence-corrected chi connectivity index (χ2v) is 4.00. The van der Waals surface area contributed by atoms with Crippen molar-refractivity contribution in [3.8, 4) is 0 Å². The fourth-order valence-electron chi connectivity index (χ4n) is 1.65. The number of carbonyl (C=O) groups is 2. The average molecular weight is 230 g/mol. The van der Waals surface area contributed by atoms with Crippen molar-refractivity contribution in [1.29, 1.82) is 0 Å². The molecule has 0 aliphatic carbocycles. The highest BCUT2D eigenvalue weighted by molar-refractivity contribution is 6.01. The summed E-state index contributed by atoms with van der Waals surface area (Å²) in [5.74, 6) is -1.44. The first-order chi connectivity index (χ1) is 7.49. The van der Waals surface area contributed by atoms with Crippen LogP contribution >= 0.6 is 0 Å². The molecule has 0 bridgehead atoms. The maximum Gasteiger partial charge on any atom is 0.316 e. The second kappa shape index (κ2) is 7.39. The number of ether oxygens (including phenoxy) is 2. The van der Waals surface area contributed by atoms with Crippen LogP contribution in [0.5, 0.6) is 0 Å². The van der Waals surface area contributed by atoms with E-state index >= 15 is 0 Å². The lowest BCUT2D eigenvalue weighted by Gasteiger charge is -2.22. The first-order valence-electron chi connectivity index (χ1n) is 5.72. The van der Waals surface area contributed by atoms with Crippen LogP contribution < -0.4 is 0 Å². The van der Waals surface area contributed by atoms with Crippen LogP contribution in [0.15, 0.2) is 0 Å². The Balaban J connectivity index is 4.78. The van der Waals surface area contributed by atoms with E-state index in [2.05, 4.69) is 4.74 Å². The van der Waals surface area contributed by atoms with Crippen LogP contribution in [0, 0.1) is 11.8 Å². The SMILES string of the molecule is CCOC(CC)C(=O)C(C(=O)OC)C(C)C. The van der Waals surface area contributed by atoms with Crippen molar-refractivity contribution >= 4 is 11.8 Å². The number of ketones is 1. The zero-order valence-corrected chi connectivity index (χ0v) is 10.8. The summed E-state index contributed by atoms with van der Waals surface area (Å²) in [6.45, 7) is 7.83. The fourth-order valence-corrected chi connectivity index (χ4v) is 1.65. The standard InChI is InChI=1S/C12H22O4/c1-6-9(16-7-2)11(13)10(8(3)4)12(14)15-5/h8-10H,6-7H2,1-5H3. The van der Waals surface area contributed by atoms with E-state index in [1.54, 1.807) is 0 Å². The van der Waals surface area contributed by atoms with Crippen molar-refractivity contribution in [2.75, 3.05) is 13.7 Å². The Morgan fingerprint density at radius 2 is 1.75 bits per heavy atom. The lowest BCUT2D eigenvalue weighted by Crippen LogP contribution is -2.38. The number of carbonyl (C=O) groups excluding carboxylic acids is 2. The predicted molar refractivity (Wildman–Crippen MR) is 61.1 cm³/mol. The quantitative estimate of drug-likeness (QED) is 0.494. The van der Waals surface area contributed by atoms with Gasteiger partial charge in [-0.2, -0.15) is 0 Å². The van der Waals surface area contributed by atoms with Crippen LogP contribution in [0.2, 0.25) is 0 Å². The average Bonchev–Trinajstić information content (AvgIpc) is 2.24. The van der Waals surface area contributed by atoms with Gasteiger partial charge in [-0.05, 0) is 19.3 Å². The highest BCUT2D eigenvalue weighted by Crippen LogP contribution is 2.18. The van der Waals surface area contributed by atoms with E-state index in [1.807, 2.05) is 27.7 Å².